The Labute approximate surface area is 202 Å². The number of nitrogens with one attached hydrogen (secondary N) is 1. The zero-order valence-corrected chi connectivity index (χ0v) is 19.3. The van der Waals surface area contributed by atoms with E-state index >= 15 is 0 Å². The standard InChI is InChI=1S/C28H26N4O3/c33-28-30-27(31-35-28)17-8-11-23-25(15-17)34-24-7-2-1-6-22(24)26(23)18-13-20-9-10-21(14-18)32(20)16-19-5-3-4-12-29-19/h1-8,11-12,15,18,20-21,26H,9-10,13-14,16H2,(H,30,31,33). The van der Waals surface area contributed by atoms with E-state index in [1.807, 2.05) is 30.5 Å². The summed E-state index contributed by atoms with van der Waals surface area (Å²) in [6.07, 6.45) is 6.73. The van der Waals surface area contributed by atoms with Crippen LogP contribution in [0.15, 0.2) is 76.2 Å². The molecule has 2 fully saturated rings. The molecule has 3 aliphatic rings. The number of nitrogens with zero attached hydrogens (tertiary/aromatic N) is 3. The van der Waals surface area contributed by atoms with Gasteiger partial charge in [0.25, 0.3) is 0 Å². The normalized spacial score (nSPS) is 25.0. The van der Waals surface area contributed by atoms with Crippen LogP contribution in [0.3, 0.4) is 0 Å². The van der Waals surface area contributed by atoms with E-state index in [-0.39, 0.29) is 5.92 Å². The molecule has 5 heterocycles. The van der Waals surface area contributed by atoms with Crippen molar-refractivity contribution < 1.29 is 9.26 Å². The first-order chi connectivity index (χ1) is 17.2. The number of aromatic amines is 1. The number of fused-ring (bicyclic) bond motifs is 4. The van der Waals surface area contributed by atoms with Gasteiger partial charge in [0.2, 0.25) is 0 Å². The van der Waals surface area contributed by atoms with Crippen molar-refractivity contribution in [3.05, 3.63) is 94.2 Å². The average molecular weight is 467 g/mol. The molecule has 0 radical (unpaired) electrons. The molecule has 3 aliphatic heterocycles. The van der Waals surface area contributed by atoms with Crippen LogP contribution in [-0.4, -0.2) is 32.1 Å². The Bertz CT molecular complexity index is 1420. The highest BCUT2D eigenvalue weighted by Crippen LogP contribution is 2.53. The second kappa shape index (κ2) is 8.20. The van der Waals surface area contributed by atoms with E-state index in [4.69, 9.17) is 9.26 Å². The van der Waals surface area contributed by atoms with Crippen molar-refractivity contribution in [1.29, 1.82) is 0 Å². The van der Waals surface area contributed by atoms with Gasteiger partial charge in [0.1, 0.15) is 11.5 Å². The smallest absolute Gasteiger partial charge is 0.439 e. The van der Waals surface area contributed by atoms with Gasteiger partial charge < -0.3 is 4.74 Å². The van der Waals surface area contributed by atoms with E-state index in [1.165, 1.54) is 36.8 Å². The Hall–Kier alpha value is -3.71. The van der Waals surface area contributed by atoms with Crippen LogP contribution in [-0.2, 0) is 6.54 Å². The summed E-state index contributed by atoms with van der Waals surface area (Å²) in [7, 11) is 0. The van der Waals surface area contributed by atoms with Gasteiger partial charge in [0.15, 0.2) is 5.82 Å². The van der Waals surface area contributed by atoms with Gasteiger partial charge in [-0.05, 0) is 55.9 Å². The number of ether oxygens (including phenoxy) is 1. The average Bonchev–Trinajstić information content (AvgIpc) is 3.41. The van der Waals surface area contributed by atoms with Gasteiger partial charge in [-0.1, -0.05) is 41.6 Å². The van der Waals surface area contributed by atoms with Crippen LogP contribution in [0.4, 0.5) is 0 Å². The molecule has 176 valence electrons. The molecule has 7 heteroatoms. The van der Waals surface area contributed by atoms with E-state index in [9.17, 15) is 4.79 Å². The number of benzene rings is 2. The van der Waals surface area contributed by atoms with Gasteiger partial charge in [-0.25, -0.2) is 4.79 Å². The molecule has 2 saturated heterocycles. The Kier molecular flexibility index (Phi) is 4.84. The number of aromatic nitrogens is 3. The predicted molar refractivity (Wildman–Crippen MR) is 130 cm³/mol. The lowest BCUT2D eigenvalue weighted by molar-refractivity contribution is 0.0876. The van der Waals surface area contributed by atoms with Crippen LogP contribution < -0.4 is 10.5 Å². The van der Waals surface area contributed by atoms with Crippen molar-refractivity contribution >= 4 is 0 Å². The summed E-state index contributed by atoms with van der Waals surface area (Å²) >= 11 is 0. The summed E-state index contributed by atoms with van der Waals surface area (Å²) in [5.41, 5.74) is 4.41. The number of rotatable bonds is 4. The van der Waals surface area contributed by atoms with E-state index in [2.05, 4.69) is 56.4 Å². The molecule has 2 aromatic heterocycles. The summed E-state index contributed by atoms with van der Waals surface area (Å²) < 4.78 is 11.1. The van der Waals surface area contributed by atoms with Crippen LogP contribution in [0, 0.1) is 5.92 Å². The molecule has 7 nitrogen and oxygen atoms in total. The summed E-state index contributed by atoms with van der Waals surface area (Å²) in [5.74, 6) is 2.42. The first-order valence-electron chi connectivity index (χ1n) is 12.4. The molecule has 0 spiro atoms. The third-order valence-corrected chi connectivity index (χ3v) is 8.00. The third-order valence-electron chi connectivity index (χ3n) is 8.00. The second-order valence-corrected chi connectivity index (χ2v) is 9.92. The molecule has 0 amide bonds. The maximum atomic E-state index is 11.5. The fourth-order valence-electron chi connectivity index (χ4n) is 6.53. The van der Waals surface area contributed by atoms with Crippen LogP contribution in [0.5, 0.6) is 11.5 Å². The molecular weight excluding hydrogens is 440 g/mol. The monoisotopic (exact) mass is 466 g/mol. The molecule has 35 heavy (non-hydrogen) atoms. The highest BCUT2D eigenvalue weighted by atomic mass is 16.5. The summed E-state index contributed by atoms with van der Waals surface area (Å²) in [5, 5.41) is 3.85. The van der Waals surface area contributed by atoms with E-state index in [1.54, 1.807) is 0 Å². The van der Waals surface area contributed by atoms with Gasteiger partial charge in [0, 0.05) is 47.4 Å². The van der Waals surface area contributed by atoms with Crippen LogP contribution >= 0.6 is 0 Å². The van der Waals surface area contributed by atoms with Crippen LogP contribution in [0.1, 0.15) is 48.4 Å². The Morgan fingerprint density at radius 3 is 2.51 bits per heavy atom. The second-order valence-electron chi connectivity index (χ2n) is 9.92. The third kappa shape index (κ3) is 3.58. The van der Waals surface area contributed by atoms with Gasteiger partial charge in [-0.3, -0.25) is 19.4 Å². The highest BCUT2D eigenvalue weighted by molar-refractivity contribution is 5.63. The lowest BCUT2D eigenvalue weighted by atomic mass is 9.72. The molecular formula is C28H26N4O3. The maximum absolute atomic E-state index is 11.5. The van der Waals surface area contributed by atoms with E-state index < -0.39 is 5.76 Å². The summed E-state index contributed by atoms with van der Waals surface area (Å²) in [6, 6.07) is 21.9. The van der Waals surface area contributed by atoms with Crippen LogP contribution in [0.25, 0.3) is 11.4 Å². The zero-order chi connectivity index (χ0) is 23.4. The van der Waals surface area contributed by atoms with Crippen molar-refractivity contribution in [3.8, 4) is 22.9 Å². The van der Waals surface area contributed by atoms with Crippen molar-refractivity contribution in [1.82, 2.24) is 20.0 Å². The highest BCUT2D eigenvalue weighted by Gasteiger charge is 2.45. The predicted octanol–water partition coefficient (Wildman–Crippen LogP) is 5.11. The Morgan fingerprint density at radius 2 is 1.74 bits per heavy atom. The Balaban J connectivity index is 1.22. The number of H-pyrrole nitrogens is 1. The van der Waals surface area contributed by atoms with E-state index in [0.29, 0.717) is 23.8 Å². The van der Waals surface area contributed by atoms with Crippen molar-refractivity contribution in [2.45, 2.75) is 50.2 Å². The van der Waals surface area contributed by atoms with Crippen LogP contribution in [0.2, 0.25) is 0 Å². The molecule has 3 unspecified atom stereocenters. The van der Waals surface area contributed by atoms with Gasteiger partial charge in [0.05, 0.1) is 5.69 Å². The molecule has 1 N–H and O–H groups in total. The number of hydrogen-bond donors (Lipinski definition) is 1. The van der Waals surface area contributed by atoms with Crippen molar-refractivity contribution in [3.63, 3.8) is 0 Å². The lowest BCUT2D eigenvalue weighted by Gasteiger charge is -2.43. The minimum atomic E-state index is -0.560. The summed E-state index contributed by atoms with van der Waals surface area (Å²) in [4.78, 5) is 21.4. The Morgan fingerprint density at radius 1 is 0.943 bits per heavy atom. The number of hydrogen-bond acceptors (Lipinski definition) is 6. The first-order valence-corrected chi connectivity index (χ1v) is 12.4. The van der Waals surface area contributed by atoms with E-state index in [0.717, 1.165) is 29.3 Å². The van der Waals surface area contributed by atoms with Gasteiger partial charge >= 0.3 is 5.76 Å². The molecule has 7 rings (SSSR count). The zero-order valence-electron chi connectivity index (χ0n) is 19.3. The molecule has 2 bridgehead atoms. The summed E-state index contributed by atoms with van der Waals surface area (Å²) in [6.45, 7) is 0.934. The number of piperidine rings is 1. The minimum Gasteiger partial charge on any atom is -0.457 e. The molecule has 0 aliphatic carbocycles. The molecule has 2 aromatic carbocycles. The fourth-order valence-corrected chi connectivity index (χ4v) is 6.53. The first kappa shape index (κ1) is 20.6. The number of para-hydroxylation sites is 1. The topological polar surface area (TPSA) is 84.3 Å². The largest absolute Gasteiger partial charge is 0.457 e. The van der Waals surface area contributed by atoms with Gasteiger partial charge in [-0.2, -0.15) is 0 Å². The van der Waals surface area contributed by atoms with Crippen molar-refractivity contribution in [2.75, 3.05) is 0 Å². The molecule has 0 saturated carbocycles. The maximum Gasteiger partial charge on any atom is 0.439 e. The minimum absolute atomic E-state index is 0.278. The molecule has 3 atom stereocenters. The lowest BCUT2D eigenvalue weighted by Crippen LogP contribution is -2.44. The van der Waals surface area contributed by atoms with Crippen molar-refractivity contribution in [2.24, 2.45) is 5.92 Å². The SMILES string of the molecule is O=c1[nH]c(-c2ccc3c(c2)Oc2ccccc2C3C2CC3CCC(C2)N3Cc2ccccn2)no1. The van der Waals surface area contributed by atoms with Gasteiger partial charge in [-0.15, -0.1) is 0 Å². The molecule has 4 aromatic rings. The quantitative estimate of drug-likeness (QED) is 0.450. The number of pyridine rings is 1. The fraction of sp³-hybridized carbons (Fsp3) is 0.321.